The van der Waals surface area contributed by atoms with Gasteiger partial charge in [0, 0.05) is 23.9 Å². The highest BCUT2D eigenvalue weighted by atomic mass is 32.2. The van der Waals surface area contributed by atoms with E-state index in [0.717, 1.165) is 16.8 Å². The van der Waals surface area contributed by atoms with E-state index in [9.17, 15) is 9.00 Å². The van der Waals surface area contributed by atoms with Gasteiger partial charge in [0.1, 0.15) is 12.2 Å². The summed E-state index contributed by atoms with van der Waals surface area (Å²) < 4.78 is 29.1. The van der Waals surface area contributed by atoms with Crippen LogP contribution >= 0.6 is 0 Å². The number of rotatable bonds is 2. The van der Waals surface area contributed by atoms with Gasteiger partial charge in [0.2, 0.25) is 0 Å². The molecule has 3 atom stereocenters. The Morgan fingerprint density at radius 3 is 3.14 bits per heavy atom. The molecular weight excluding hydrogens is 294 g/mol. The van der Waals surface area contributed by atoms with Crippen molar-refractivity contribution in [3.8, 4) is 0 Å². The Hall–Kier alpha value is -1.70. The largest absolute Gasteiger partial charge is 0.462 e. The quantitative estimate of drug-likeness (QED) is 0.790. The van der Waals surface area contributed by atoms with Crippen LogP contribution in [0.3, 0.4) is 0 Å². The zero-order valence-corrected chi connectivity index (χ0v) is 12.1. The zero-order valence-electron chi connectivity index (χ0n) is 11.3. The minimum absolute atomic E-state index is 0.301. The first-order valence-corrected chi connectivity index (χ1v) is 7.75. The van der Waals surface area contributed by atoms with E-state index in [-0.39, 0.29) is 12.1 Å². The normalized spacial score (nSPS) is 26.8. The second-order valence-corrected chi connectivity index (χ2v) is 5.76. The molecule has 6 nitrogen and oxygen atoms in total. The van der Waals surface area contributed by atoms with Gasteiger partial charge in [-0.1, -0.05) is 6.07 Å². The number of nitrogens with zero attached hydrogens (tertiary/aromatic N) is 1. The minimum atomic E-state index is -1.75. The summed E-state index contributed by atoms with van der Waals surface area (Å²) in [4.78, 5) is 12.3. The molecule has 0 aromatic carbocycles. The lowest BCUT2D eigenvalue weighted by molar-refractivity contribution is 0.0523. The molecule has 0 radical (unpaired) electrons. The number of aromatic nitrogens is 1. The third kappa shape index (κ3) is 1.78. The number of carbonyl (C=O) groups excluding carboxylic acids is 1. The SMILES string of the molecule is CCOC(=O)c1c2c(n3ccccc13)C[C@H]1OS(=O)O[C@@H]21. The molecule has 7 heteroatoms. The van der Waals surface area contributed by atoms with E-state index in [1.54, 1.807) is 6.92 Å². The molecule has 2 aromatic rings. The topological polar surface area (TPSA) is 66.2 Å². The molecule has 0 N–H and O–H groups in total. The fourth-order valence-corrected chi connectivity index (χ4v) is 3.92. The van der Waals surface area contributed by atoms with E-state index in [2.05, 4.69) is 0 Å². The average molecular weight is 307 g/mol. The van der Waals surface area contributed by atoms with Crippen molar-refractivity contribution < 1.29 is 22.1 Å². The maximum Gasteiger partial charge on any atom is 0.340 e. The maximum absolute atomic E-state index is 12.3. The lowest BCUT2D eigenvalue weighted by Crippen LogP contribution is -2.13. The van der Waals surface area contributed by atoms with E-state index < -0.39 is 17.5 Å². The van der Waals surface area contributed by atoms with E-state index in [1.807, 2.05) is 28.8 Å². The lowest BCUT2D eigenvalue weighted by atomic mass is 10.1. The maximum atomic E-state index is 12.3. The third-order valence-electron chi connectivity index (χ3n) is 3.87. The zero-order chi connectivity index (χ0) is 14.6. The van der Waals surface area contributed by atoms with Crippen LogP contribution in [0.2, 0.25) is 0 Å². The second kappa shape index (κ2) is 4.66. The van der Waals surface area contributed by atoms with Crippen molar-refractivity contribution >= 4 is 22.8 Å². The van der Waals surface area contributed by atoms with Gasteiger partial charge in [0.15, 0.2) is 0 Å². The van der Waals surface area contributed by atoms with Crippen LogP contribution in [-0.4, -0.2) is 27.3 Å². The number of pyridine rings is 1. The molecule has 1 aliphatic heterocycles. The monoisotopic (exact) mass is 307 g/mol. The molecule has 1 fully saturated rings. The van der Waals surface area contributed by atoms with Crippen LogP contribution < -0.4 is 0 Å². The fraction of sp³-hybridized carbons (Fsp3) is 0.357. The standard InChI is InChI=1S/C14H13NO5S/c1-2-18-14(16)12-8-5-3-4-6-15(8)9-7-10-13(11(9)12)20-21(17)19-10/h3-6,10,13H,2,7H2,1H3/t10-,13-,21?/m1/s1. The van der Waals surface area contributed by atoms with Gasteiger partial charge in [-0.25, -0.2) is 4.79 Å². The molecule has 0 saturated carbocycles. The fourth-order valence-electron chi connectivity index (χ4n) is 3.11. The molecule has 1 unspecified atom stereocenters. The predicted octanol–water partition coefficient (Wildman–Crippen LogP) is 1.71. The molecule has 0 spiro atoms. The van der Waals surface area contributed by atoms with Crippen LogP contribution in [-0.2, 0) is 30.9 Å². The van der Waals surface area contributed by atoms with Gasteiger partial charge in [0.25, 0.3) is 0 Å². The van der Waals surface area contributed by atoms with Crippen LogP contribution in [0.5, 0.6) is 0 Å². The van der Waals surface area contributed by atoms with Crippen LogP contribution in [0.15, 0.2) is 24.4 Å². The summed E-state index contributed by atoms with van der Waals surface area (Å²) in [7, 11) is 0. The number of carbonyl (C=O) groups is 1. The molecule has 0 amide bonds. The molecule has 2 aliphatic rings. The van der Waals surface area contributed by atoms with Gasteiger partial charge in [-0.15, -0.1) is 0 Å². The Balaban J connectivity index is 1.95. The highest BCUT2D eigenvalue weighted by molar-refractivity contribution is 7.75. The molecule has 110 valence electrons. The first kappa shape index (κ1) is 13.0. The summed E-state index contributed by atoms with van der Waals surface area (Å²) in [5, 5.41) is 0. The highest BCUT2D eigenvalue weighted by Crippen LogP contribution is 2.45. The van der Waals surface area contributed by atoms with Crippen molar-refractivity contribution in [1.82, 2.24) is 4.40 Å². The Kier molecular flexibility index (Phi) is 2.88. The number of esters is 1. The highest BCUT2D eigenvalue weighted by Gasteiger charge is 2.47. The van der Waals surface area contributed by atoms with Crippen molar-refractivity contribution in [2.24, 2.45) is 0 Å². The lowest BCUT2D eigenvalue weighted by Gasteiger charge is -2.08. The number of hydrogen-bond acceptors (Lipinski definition) is 5. The van der Waals surface area contributed by atoms with Gasteiger partial charge in [-0.05, 0) is 19.1 Å². The molecular formula is C14H13NO5S. The molecule has 4 rings (SSSR count). The summed E-state index contributed by atoms with van der Waals surface area (Å²) in [6, 6.07) is 5.64. The van der Waals surface area contributed by atoms with Crippen molar-refractivity contribution in [3.05, 3.63) is 41.2 Å². The summed E-state index contributed by atoms with van der Waals surface area (Å²) in [5.74, 6) is -0.385. The number of hydrogen-bond donors (Lipinski definition) is 0. The van der Waals surface area contributed by atoms with Gasteiger partial charge < -0.3 is 9.14 Å². The summed E-state index contributed by atoms with van der Waals surface area (Å²) in [6.07, 6.45) is 1.69. The molecule has 21 heavy (non-hydrogen) atoms. The van der Waals surface area contributed by atoms with Crippen molar-refractivity contribution in [1.29, 1.82) is 0 Å². The van der Waals surface area contributed by atoms with Crippen molar-refractivity contribution in [2.45, 2.75) is 25.6 Å². The first-order chi connectivity index (χ1) is 10.2. The first-order valence-electron chi connectivity index (χ1n) is 6.75. The third-order valence-corrected chi connectivity index (χ3v) is 4.64. The predicted molar refractivity (Wildman–Crippen MR) is 73.9 cm³/mol. The Morgan fingerprint density at radius 2 is 2.33 bits per heavy atom. The Labute approximate surface area is 123 Å². The second-order valence-electron chi connectivity index (χ2n) is 4.97. The van der Waals surface area contributed by atoms with Crippen molar-refractivity contribution in [2.75, 3.05) is 6.61 Å². The molecule has 0 bridgehead atoms. The molecule has 3 heterocycles. The molecule has 1 aliphatic carbocycles. The summed E-state index contributed by atoms with van der Waals surface area (Å²) >= 11 is -1.75. The van der Waals surface area contributed by atoms with Crippen LogP contribution in [0.4, 0.5) is 0 Å². The van der Waals surface area contributed by atoms with Crippen LogP contribution in [0.25, 0.3) is 5.52 Å². The Bertz CT molecular complexity index is 768. The Morgan fingerprint density at radius 1 is 1.48 bits per heavy atom. The molecule has 1 saturated heterocycles. The van der Waals surface area contributed by atoms with E-state index in [1.165, 1.54) is 0 Å². The van der Waals surface area contributed by atoms with Crippen LogP contribution in [0.1, 0.15) is 34.6 Å². The van der Waals surface area contributed by atoms with Gasteiger partial charge in [-0.2, -0.15) is 4.21 Å². The molecule has 2 aromatic heterocycles. The summed E-state index contributed by atoms with van der Waals surface area (Å²) in [6.45, 7) is 2.07. The van der Waals surface area contributed by atoms with E-state index in [0.29, 0.717) is 18.6 Å². The van der Waals surface area contributed by atoms with E-state index >= 15 is 0 Å². The average Bonchev–Trinajstić information content (AvgIpc) is 3.07. The van der Waals surface area contributed by atoms with E-state index in [4.69, 9.17) is 13.1 Å². The number of ether oxygens (including phenoxy) is 1. The summed E-state index contributed by atoms with van der Waals surface area (Å²) in [5.41, 5.74) is 2.97. The number of fused-ring (bicyclic) bond motifs is 5. The van der Waals surface area contributed by atoms with Crippen molar-refractivity contribution in [3.63, 3.8) is 0 Å². The van der Waals surface area contributed by atoms with Gasteiger partial charge >= 0.3 is 17.3 Å². The minimum Gasteiger partial charge on any atom is -0.462 e. The smallest absolute Gasteiger partial charge is 0.340 e. The van der Waals surface area contributed by atoms with Crippen LogP contribution in [0, 0.1) is 0 Å². The van der Waals surface area contributed by atoms with Gasteiger partial charge in [-0.3, -0.25) is 8.37 Å². The van der Waals surface area contributed by atoms with Gasteiger partial charge in [0.05, 0.1) is 17.7 Å².